The predicted octanol–water partition coefficient (Wildman–Crippen LogP) is 4.50. The van der Waals surface area contributed by atoms with Crippen molar-refractivity contribution in [2.24, 2.45) is 0 Å². The number of hydrogen-bond acceptors (Lipinski definition) is 5. The fourth-order valence-electron chi connectivity index (χ4n) is 2.30. The minimum absolute atomic E-state index is 0.689. The molecule has 0 bridgehead atoms. The van der Waals surface area contributed by atoms with E-state index < -0.39 is 0 Å². The SMILES string of the molecule is C=CCn1c(SCc2csc(C)n2)nnc1-c1cccc(C)c1. The van der Waals surface area contributed by atoms with Crippen LogP contribution in [0, 0.1) is 13.8 Å². The molecule has 2 aromatic heterocycles. The van der Waals surface area contributed by atoms with Crippen LogP contribution in [0.5, 0.6) is 0 Å². The van der Waals surface area contributed by atoms with Gasteiger partial charge in [0.15, 0.2) is 11.0 Å². The minimum atomic E-state index is 0.689. The van der Waals surface area contributed by atoms with E-state index in [0.29, 0.717) is 6.54 Å². The number of rotatable bonds is 6. The van der Waals surface area contributed by atoms with Crippen molar-refractivity contribution in [3.8, 4) is 11.4 Å². The van der Waals surface area contributed by atoms with E-state index in [1.165, 1.54) is 5.56 Å². The number of hydrogen-bond donors (Lipinski definition) is 0. The number of thioether (sulfide) groups is 1. The zero-order valence-electron chi connectivity index (χ0n) is 13.2. The normalized spacial score (nSPS) is 10.9. The monoisotopic (exact) mass is 342 g/mol. The molecule has 23 heavy (non-hydrogen) atoms. The number of allylic oxidation sites excluding steroid dienone is 1. The lowest BCUT2D eigenvalue weighted by molar-refractivity contribution is 0.731. The van der Waals surface area contributed by atoms with Crippen LogP contribution in [0.4, 0.5) is 0 Å². The zero-order chi connectivity index (χ0) is 16.2. The molecule has 0 radical (unpaired) electrons. The van der Waals surface area contributed by atoms with Crippen molar-refractivity contribution in [3.05, 3.63) is 58.6 Å². The Morgan fingerprint density at radius 1 is 1.30 bits per heavy atom. The fraction of sp³-hybridized carbons (Fsp3) is 0.235. The molecule has 0 aliphatic rings. The van der Waals surface area contributed by atoms with Crippen molar-refractivity contribution >= 4 is 23.1 Å². The highest BCUT2D eigenvalue weighted by Gasteiger charge is 2.14. The number of thiazole rings is 1. The van der Waals surface area contributed by atoms with Crippen molar-refractivity contribution < 1.29 is 0 Å². The summed E-state index contributed by atoms with van der Waals surface area (Å²) in [5.74, 6) is 1.68. The summed E-state index contributed by atoms with van der Waals surface area (Å²) in [6.45, 7) is 8.65. The van der Waals surface area contributed by atoms with E-state index in [0.717, 1.165) is 33.0 Å². The van der Waals surface area contributed by atoms with Crippen LogP contribution in [-0.2, 0) is 12.3 Å². The lowest BCUT2D eigenvalue weighted by Crippen LogP contribution is -2.01. The molecule has 0 N–H and O–H groups in total. The molecular formula is C17H18N4S2. The lowest BCUT2D eigenvalue weighted by Gasteiger charge is -2.07. The van der Waals surface area contributed by atoms with E-state index in [2.05, 4.69) is 56.8 Å². The Kier molecular flexibility index (Phi) is 4.93. The van der Waals surface area contributed by atoms with Gasteiger partial charge in [0.2, 0.25) is 0 Å². The van der Waals surface area contributed by atoms with E-state index >= 15 is 0 Å². The molecule has 0 saturated carbocycles. The Morgan fingerprint density at radius 2 is 2.17 bits per heavy atom. The molecule has 3 rings (SSSR count). The first-order valence-electron chi connectivity index (χ1n) is 7.32. The van der Waals surface area contributed by atoms with Gasteiger partial charge in [0.1, 0.15) is 0 Å². The van der Waals surface area contributed by atoms with Crippen molar-refractivity contribution in [1.82, 2.24) is 19.7 Å². The highest BCUT2D eigenvalue weighted by Crippen LogP contribution is 2.27. The zero-order valence-corrected chi connectivity index (χ0v) is 14.8. The van der Waals surface area contributed by atoms with E-state index in [1.807, 2.05) is 19.1 Å². The topological polar surface area (TPSA) is 43.6 Å². The van der Waals surface area contributed by atoms with Crippen LogP contribution in [0.3, 0.4) is 0 Å². The quantitative estimate of drug-likeness (QED) is 0.489. The predicted molar refractivity (Wildman–Crippen MR) is 96.8 cm³/mol. The first-order chi connectivity index (χ1) is 11.2. The van der Waals surface area contributed by atoms with Gasteiger partial charge in [0, 0.05) is 23.2 Å². The second kappa shape index (κ2) is 7.10. The molecule has 0 aliphatic carbocycles. The van der Waals surface area contributed by atoms with Crippen LogP contribution in [0.2, 0.25) is 0 Å². The average Bonchev–Trinajstić information content (AvgIpc) is 3.12. The minimum Gasteiger partial charge on any atom is -0.298 e. The standard InChI is InChI=1S/C17H18N4S2/c1-4-8-21-16(14-7-5-6-12(2)9-14)19-20-17(21)23-11-15-10-22-13(3)18-15/h4-7,9-10H,1,8,11H2,2-3H3. The summed E-state index contributed by atoms with van der Waals surface area (Å²) in [4.78, 5) is 4.50. The summed E-state index contributed by atoms with van der Waals surface area (Å²) in [6, 6.07) is 8.32. The molecule has 3 aromatic rings. The van der Waals surface area contributed by atoms with E-state index in [9.17, 15) is 0 Å². The average molecular weight is 342 g/mol. The molecule has 0 amide bonds. The van der Waals surface area contributed by atoms with Gasteiger partial charge >= 0.3 is 0 Å². The number of benzene rings is 1. The second-order valence-electron chi connectivity index (χ2n) is 5.22. The van der Waals surface area contributed by atoms with Gasteiger partial charge in [-0.2, -0.15) is 0 Å². The Morgan fingerprint density at radius 3 is 2.87 bits per heavy atom. The third kappa shape index (κ3) is 3.71. The van der Waals surface area contributed by atoms with Crippen LogP contribution >= 0.6 is 23.1 Å². The molecule has 0 saturated heterocycles. The van der Waals surface area contributed by atoms with Crippen LogP contribution < -0.4 is 0 Å². The largest absolute Gasteiger partial charge is 0.298 e. The van der Waals surface area contributed by atoms with Gasteiger partial charge in [0.05, 0.1) is 10.7 Å². The van der Waals surface area contributed by atoms with Gasteiger partial charge in [-0.25, -0.2) is 4.98 Å². The summed E-state index contributed by atoms with van der Waals surface area (Å²) >= 11 is 3.33. The molecule has 0 fully saturated rings. The molecule has 2 heterocycles. The summed E-state index contributed by atoms with van der Waals surface area (Å²) in [6.07, 6.45) is 1.87. The summed E-state index contributed by atoms with van der Waals surface area (Å²) < 4.78 is 2.10. The Hall–Kier alpha value is -1.92. The van der Waals surface area contributed by atoms with E-state index in [-0.39, 0.29) is 0 Å². The molecule has 0 unspecified atom stereocenters. The Bertz CT molecular complexity index is 820. The summed E-state index contributed by atoms with van der Waals surface area (Å²) in [7, 11) is 0. The van der Waals surface area contributed by atoms with Crippen LogP contribution in [0.25, 0.3) is 11.4 Å². The van der Waals surface area contributed by atoms with Gasteiger partial charge in [-0.05, 0) is 19.9 Å². The van der Waals surface area contributed by atoms with Gasteiger partial charge in [-0.3, -0.25) is 4.57 Å². The van der Waals surface area contributed by atoms with Gasteiger partial charge < -0.3 is 0 Å². The second-order valence-corrected chi connectivity index (χ2v) is 7.23. The molecular weight excluding hydrogens is 324 g/mol. The maximum Gasteiger partial charge on any atom is 0.192 e. The van der Waals surface area contributed by atoms with E-state index in [4.69, 9.17) is 0 Å². The van der Waals surface area contributed by atoms with Crippen LogP contribution in [0.15, 0.2) is 47.5 Å². The van der Waals surface area contributed by atoms with Crippen molar-refractivity contribution in [2.45, 2.75) is 31.3 Å². The van der Waals surface area contributed by atoms with E-state index in [1.54, 1.807) is 23.1 Å². The van der Waals surface area contributed by atoms with Crippen LogP contribution in [0.1, 0.15) is 16.3 Å². The molecule has 0 spiro atoms. The first kappa shape index (κ1) is 16.0. The van der Waals surface area contributed by atoms with Gasteiger partial charge in [0.25, 0.3) is 0 Å². The van der Waals surface area contributed by atoms with Gasteiger partial charge in [-0.15, -0.1) is 28.1 Å². The molecule has 6 heteroatoms. The lowest BCUT2D eigenvalue weighted by atomic mass is 10.1. The summed E-state index contributed by atoms with van der Waals surface area (Å²) in [5.41, 5.74) is 3.38. The van der Waals surface area contributed by atoms with Crippen molar-refractivity contribution in [1.29, 1.82) is 0 Å². The maximum absolute atomic E-state index is 4.50. The molecule has 118 valence electrons. The maximum atomic E-state index is 4.50. The molecule has 0 atom stereocenters. The highest BCUT2D eigenvalue weighted by molar-refractivity contribution is 7.98. The number of nitrogens with zero attached hydrogens (tertiary/aromatic N) is 4. The van der Waals surface area contributed by atoms with Crippen LogP contribution in [-0.4, -0.2) is 19.7 Å². The first-order valence-corrected chi connectivity index (χ1v) is 9.19. The van der Waals surface area contributed by atoms with Crippen molar-refractivity contribution in [2.75, 3.05) is 0 Å². The fourth-order valence-corrected chi connectivity index (χ4v) is 3.86. The Labute approximate surface area is 144 Å². The Balaban J connectivity index is 1.87. The number of aromatic nitrogens is 4. The van der Waals surface area contributed by atoms with Gasteiger partial charge in [-0.1, -0.05) is 41.6 Å². The number of aryl methyl sites for hydroxylation is 2. The molecule has 4 nitrogen and oxygen atoms in total. The molecule has 0 aliphatic heterocycles. The summed E-state index contributed by atoms with van der Waals surface area (Å²) in [5, 5.41) is 12.8. The highest BCUT2D eigenvalue weighted by atomic mass is 32.2. The van der Waals surface area contributed by atoms with Crippen molar-refractivity contribution in [3.63, 3.8) is 0 Å². The smallest absolute Gasteiger partial charge is 0.192 e. The third-order valence-electron chi connectivity index (χ3n) is 3.32. The third-order valence-corrected chi connectivity index (χ3v) is 5.14. The molecule has 1 aromatic carbocycles.